The number of hydrogen-bond donors (Lipinski definition) is 3. The summed E-state index contributed by atoms with van der Waals surface area (Å²) in [5, 5.41) is 8.92. The molecule has 2 amide bonds. The predicted octanol–water partition coefficient (Wildman–Crippen LogP) is 0.830. The van der Waals surface area contributed by atoms with Gasteiger partial charge in [0.15, 0.2) is 0 Å². The highest BCUT2D eigenvalue weighted by atomic mass is 35.5. The van der Waals surface area contributed by atoms with E-state index in [0.717, 1.165) is 25.9 Å². The highest BCUT2D eigenvalue weighted by Crippen LogP contribution is 2.17. The average Bonchev–Trinajstić information content (AvgIpc) is 2.37. The molecule has 0 aromatic carbocycles. The van der Waals surface area contributed by atoms with Gasteiger partial charge in [0.2, 0.25) is 11.8 Å². The second-order valence-electron chi connectivity index (χ2n) is 4.92. The lowest BCUT2D eigenvalue weighted by Gasteiger charge is -2.22. The first kappa shape index (κ1) is 18.2. The van der Waals surface area contributed by atoms with E-state index in [1.165, 1.54) is 19.8 Å². The van der Waals surface area contributed by atoms with Gasteiger partial charge in [-0.05, 0) is 44.7 Å². The highest BCUT2D eigenvalue weighted by molar-refractivity contribution is 5.85. The van der Waals surface area contributed by atoms with Crippen LogP contribution in [0, 0.1) is 5.92 Å². The molecule has 112 valence electrons. The fraction of sp³-hybridized carbons (Fsp3) is 0.846. The Labute approximate surface area is 121 Å². The van der Waals surface area contributed by atoms with Crippen LogP contribution >= 0.6 is 12.4 Å². The first-order chi connectivity index (χ1) is 8.68. The summed E-state index contributed by atoms with van der Waals surface area (Å²) in [6, 6.07) is 0. The van der Waals surface area contributed by atoms with E-state index in [1.807, 2.05) is 0 Å². The monoisotopic (exact) mass is 291 g/mol. The third kappa shape index (κ3) is 9.73. The quantitative estimate of drug-likeness (QED) is 0.609. The molecule has 0 saturated carbocycles. The van der Waals surface area contributed by atoms with Gasteiger partial charge in [0.05, 0.1) is 0 Å². The van der Waals surface area contributed by atoms with Crippen molar-refractivity contribution in [2.24, 2.45) is 5.92 Å². The van der Waals surface area contributed by atoms with Crippen molar-refractivity contribution in [3.63, 3.8) is 0 Å². The Morgan fingerprint density at radius 1 is 1.16 bits per heavy atom. The second-order valence-corrected chi connectivity index (χ2v) is 4.92. The highest BCUT2D eigenvalue weighted by Gasteiger charge is 2.14. The van der Waals surface area contributed by atoms with Crippen LogP contribution < -0.4 is 16.0 Å². The second kappa shape index (κ2) is 11.1. The average molecular weight is 292 g/mol. The maximum absolute atomic E-state index is 11.6. The van der Waals surface area contributed by atoms with E-state index in [9.17, 15) is 9.59 Å². The van der Waals surface area contributed by atoms with Gasteiger partial charge < -0.3 is 16.0 Å². The van der Waals surface area contributed by atoms with Crippen LogP contribution in [0.3, 0.4) is 0 Å². The largest absolute Gasteiger partial charge is 0.356 e. The molecule has 0 atom stereocenters. The zero-order chi connectivity index (χ0) is 13.2. The fourth-order valence-corrected chi connectivity index (χ4v) is 2.17. The van der Waals surface area contributed by atoms with E-state index >= 15 is 0 Å². The van der Waals surface area contributed by atoms with Crippen LogP contribution in [0.4, 0.5) is 0 Å². The third-order valence-corrected chi connectivity index (χ3v) is 3.29. The van der Waals surface area contributed by atoms with Gasteiger partial charge in [-0.3, -0.25) is 9.59 Å². The van der Waals surface area contributed by atoms with Gasteiger partial charge in [0.25, 0.3) is 0 Å². The Balaban J connectivity index is 0.00000324. The standard InChI is InChI=1S/C13H25N3O2.ClH/c1-11(17)15-7-2-8-16-13(18)4-3-12-5-9-14-10-6-12;/h12,14H,2-10H2,1H3,(H,15,17)(H,16,18);1H. The lowest BCUT2D eigenvalue weighted by atomic mass is 9.93. The summed E-state index contributed by atoms with van der Waals surface area (Å²) in [6.07, 6.45) is 4.80. The Morgan fingerprint density at radius 3 is 2.42 bits per heavy atom. The van der Waals surface area contributed by atoms with Gasteiger partial charge in [-0.25, -0.2) is 0 Å². The molecule has 5 nitrogen and oxygen atoms in total. The van der Waals surface area contributed by atoms with Crippen molar-refractivity contribution in [3.8, 4) is 0 Å². The molecule has 0 bridgehead atoms. The number of halogens is 1. The summed E-state index contributed by atoms with van der Waals surface area (Å²) < 4.78 is 0. The molecule has 1 saturated heterocycles. The molecular formula is C13H26ClN3O2. The molecule has 0 spiro atoms. The third-order valence-electron chi connectivity index (χ3n) is 3.29. The van der Waals surface area contributed by atoms with Crippen molar-refractivity contribution in [3.05, 3.63) is 0 Å². The van der Waals surface area contributed by atoms with E-state index in [4.69, 9.17) is 0 Å². The number of hydrogen-bond acceptors (Lipinski definition) is 3. The number of nitrogens with one attached hydrogen (secondary N) is 3. The van der Waals surface area contributed by atoms with Crippen LogP contribution in [0.5, 0.6) is 0 Å². The molecule has 0 aromatic heterocycles. The maximum atomic E-state index is 11.6. The summed E-state index contributed by atoms with van der Waals surface area (Å²) in [7, 11) is 0. The molecule has 6 heteroatoms. The summed E-state index contributed by atoms with van der Waals surface area (Å²) >= 11 is 0. The summed E-state index contributed by atoms with van der Waals surface area (Å²) in [5.41, 5.74) is 0. The molecular weight excluding hydrogens is 266 g/mol. The van der Waals surface area contributed by atoms with Crippen molar-refractivity contribution in [2.75, 3.05) is 26.2 Å². The Hall–Kier alpha value is -0.810. The van der Waals surface area contributed by atoms with Gasteiger partial charge in [0, 0.05) is 26.4 Å². The van der Waals surface area contributed by atoms with Crippen molar-refractivity contribution < 1.29 is 9.59 Å². The predicted molar refractivity (Wildman–Crippen MR) is 78.4 cm³/mol. The van der Waals surface area contributed by atoms with Crippen LogP contribution in [-0.4, -0.2) is 38.0 Å². The lowest BCUT2D eigenvalue weighted by molar-refractivity contribution is -0.121. The SMILES string of the molecule is CC(=O)NCCCNC(=O)CCC1CCNCC1.Cl. The molecule has 0 aromatic rings. The Morgan fingerprint density at radius 2 is 1.79 bits per heavy atom. The Kier molecular flexibility index (Phi) is 10.6. The van der Waals surface area contributed by atoms with Crippen molar-refractivity contribution in [2.45, 2.75) is 39.0 Å². The molecule has 1 fully saturated rings. The minimum Gasteiger partial charge on any atom is -0.356 e. The number of carbonyl (C=O) groups excluding carboxylic acids is 2. The molecule has 19 heavy (non-hydrogen) atoms. The Bertz CT molecular complexity index is 269. The molecule has 0 radical (unpaired) electrons. The molecule has 1 heterocycles. The van der Waals surface area contributed by atoms with E-state index in [-0.39, 0.29) is 24.2 Å². The minimum atomic E-state index is -0.0211. The van der Waals surface area contributed by atoms with Crippen molar-refractivity contribution >= 4 is 24.2 Å². The first-order valence-corrected chi connectivity index (χ1v) is 6.90. The van der Waals surface area contributed by atoms with Gasteiger partial charge in [-0.1, -0.05) is 0 Å². The van der Waals surface area contributed by atoms with Gasteiger partial charge in [-0.15, -0.1) is 12.4 Å². The van der Waals surface area contributed by atoms with Crippen LogP contribution in [0.25, 0.3) is 0 Å². The molecule has 0 aliphatic carbocycles. The summed E-state index contributed by atoms with van der Waals surface area (Å²) in [6.45, 7) is 4.94. The van der Waals surface area contributed by atoms with Gasteiger partial charge >= 0.3 is 0 Å². The summed E-state index contributed by atoms with van der Waals surface area (Å²) in [5.74, 6) is 0.819. The van der Waals surface area contributed by atoms with Gasteiger partial charge in [0.1, 0.15) is 0 Å². The maximum Gasteiger partial charge on any atom is 0.220 e. The van der Waals surface area contributed by atoms with Crippen LogP contribution in [0.2, 0.25) is 0 Å². The van der Waals surface area contributed by atoms with E-state index in [0.29, 0.717) is 25.4 Å². The topological polar surface area (TPSA) is 70.2 Å². The minimum absolute atomic E-state index is 0. The molecule has 1 rings (SSSR count). The summed E-state index contributed by atoms with van der Waals surface area (Å²) in [4.78, 5) is 22.2. The zero-order valence-corrected chi connectivity index (χ0v) is 12.5. The normalized spacial score (nSPS) is 15.4. The number of piperidine rings is 1. The fourth-order valence-electron chi connectivity index (χ4n) is 2.17. The number of rotatable bonds is 7. The first-order valence-electron chi connectivity index (χ1n) is 6.90. The zero-order valence-electron chi connectivity index (χ0n) is 11.7. The van der Waals surface area contributed by atoms with Crippen LogP contribution in [-0.2, 0) is 9.59 Å². The molecule has 0 unspecified atom stereocenters. The van der Waals surface area contributed by atoms with E-state index < -0.39 is 0 Å². The van der Waals surface area contributed by atoms with E-state index in [1.54, 1.807) is 0 Å². The smallest absolute Gasteiger partial charge is 0.220 e. The molecule has 1 aliphatic rings. The number of amides is 2. The van der Waals surface area contributed by atoms with Crippen LogP contribution in [0.15, 0.2) is 0 Å². The van der Waals surface area contributed by atoms with E-state index in [2.05, 4.69) is 16.0 Å². The van der Waals surface area contributed by atoms with Crippen molar-refractivity contribution in [1.82, 2.24) is 16.0 Å². The van der Waals surface area contributed by atoms with Crippen molar-refractivity contribution in [1.29, 1.82) is 0 Å². The van der Waals surface area contributed by atoms with Crippen LogP contribution in [0.1, 0.15) is 39.0 Å². The molecule has 3 N–H and O–H groups in total. The number of carbonyl (C=O) groups is 2. The molecule has 1 aliphatic heterocycles. The van der Waals surface area contributed by atoms with Gasteiger partial charge in [-0.2, -0.15) is 0 Å². The lowest BCUT2D eigenvalue weighted by Crippen LogP contribution is -2.30.